The van der Waals surface area contributed by atoms with Gasteiger partial charge in [0.1, 0.15) is 6.54 Å². The monoisotopic (exact) mass is 318 g/mol. The van der Waals surface area contributed by atoms with Crippen LogP contribution in [0.25, 0.3) is 0 Å². The lowest BCUT2D eigenvalue weighted by molar-refractivity contribution is -0.142. The van der Waals surface area contributed by atoms with E-state index < -0.39 is 11.9 Å². The van der Waals surface area contributed by atoms with E-state index in [1.807, 2.05) is 0 Å². The number of piperidine rings is 1. The van der Waals surface area contributed by atoms with E-state index in [9.17, 15) is 22.8 Å². The van der Waals surface area contributed by atoms with Crippen LogP contribution >= 0.6 is 0 Å². The molecule has 1 aromatic rings. The number of primary amides is 1. The number of hydrogen-bond acceptors (Lipinski definition) is 3. The molecule has 2 heterocycles. The van der Waals surface area contributed by atoms with Gasteiger partial charge in [-0.05, 0) is 25.8 Å². The van der Waals surface area contributed by atoms with Crippen LogP contribution in [0, 0.1) is 12.8 Å². The van der Waals surface area contributed by atoms with Crippen molar-refractivity contribution in [1.82, 2.24) is 14.7 Å². The van der Waals surface area contributed by atoms with Crippen LogP contribution in [0.4, 0.5) is 13.2 Å². The molecule has 1 aliphatic rings. The van der Waals surface area contributed by atoms with Gasteiger partial charge in [-0.25, -0.2) is 0 Å². The van der Waals surface area contributed by atoms with Gasteiger partial charge in [0.15, 0.2) is 5.69 Å². The highest BCUT2D eigenvalue weighted by molar-refractivity contribution is 5.78. The Bertz CT molecular complexity index is 574. The van der Waals surface area contributed by atoms with Crippen LogP contribution in [0.2, 0.25) is 0 Å². The molecule has 0 bridgehead atoms. The van der Waals surface area contributed by atoms with E-state index in [2.05, 4.69) is 5.10 Å². The average Bonchev–Trinajstić information content (AvgIpc) is 2.80. The molecule has 122 valence electrons. The lowest BCUT2D eigenvalue weighted by Crippen LogP contribution is -2.43. The van der Waals surface area contributed by atoms with E-state index in [-0.39, 0.29) is 30.0 Å². The van der Waals surface area contributed by atoms with E-state index in [1.165, 1.54) is 11.8 Å². The summed E-state index contributed by atoms with van der Waals surface area (Å²) in [6.45, 7) is 1.97. The number of carbonyl (C=O) groups excluding carboxylic acids is 2. The number of rotatable bonds is 3. The van der Waals surface area contributed by atoms with Crippen LogP contribution in [-0.2, 0) is 22.3 Å². The lowest BCUT2D eigenvalue weighted by Gasteiger charge is -2.30. The third-order valence-electron chi connectivity index (χ3n) is 3.81. The number of aromatic nitrogens is 2. The maximum Gasteiger partial charge on any atom is 0.435 e. The second-order valence-electron chi connectivity index (χ2n) is 5.38. The van der Waals surface area contributed by atoms with E-state index in [0.717, 1.165) is 10.7 Å². The van der Waals surface area contributed by atoms with Crippen molar-refractivity contribution in [3.05, 3.63) is 17.5 Å². The van der Waals surface area contributed by atoms with Gasteiger partial charge in [-0.15, -0.1) is 0 Å². The molecule has 2 rings (SSSR count). The number of nitrogens with two attached hydrogens (primary N) is 1. The van der Waals surface area contributed by atoms with Crippen molar-refractivity contribution in [1.29, 1.82) is 0 Å². The molecule has 22 heavy (non-hydrogen) atoms. The Balaban J connectivity index is 1.98. The minimum absolute atomic E-state index is 0.243. The zero-order valence-corrected chi connectivity index (χ0v) is 12.1. The van der Waals surface area contributed by atoms with Gasteiger partial charge < -0.3 is 10.6 Å². The van der Waals surface area contributed by atoms with Crippen LogP contribution in [0.3, 0.4) is 0 Å². The molecule has 0 spiro atoms. The van der Waals surface area contributed by atoms with Crippen molar-refractivity contribution < 1.29 is 22.8 Å². The molecule has 1 aliphatic heterocycles. The van der Waals surface area contributed by atoms with Crippen LogP contribution in [0.5, 0.6) is 0 Å². The standard InChI is InChI=1S/C13H17F3N4O2/c1-8-6-10(13(14,15)16)18-20(8)7-11(21)19-4-2-9(3-5-19)12(17)22/h6,9H,2-5,7H2,1H3,(H2,17,22). The Morgan fingerprint density at radius 1 is 1.36 bits per heavy atom. The van der Waals surface area contributed by atoms with Gasteiger partial charge in [-0.3, -0.25) is 14.3 Å². The molecular formula is C13H17F3N4O2. The highest BCUT2D eigenvalue weighted by Crippen LogP contribution is 2.28. The molecule has 1 fully saturated rings. The highest BCUT2D eigenvalue weighted by atomic mass is 19.4. The number of aryl methyl sites for hydroxylation is 1. The molecule has 0 aromatic carbocycles. The van der Waals surface area contributed by atoms with E-state index >= 15 is 0 Å². The van der Waals surface area contributed by atoms with E-state index in [1.54, 1.807) is 0 Å². The van der Waals surface area contributed by atoms with Crippen molar-refractivity contribution in [3.8, 4) is 0 Å². The second kappa shape index (κ2) is 5.98. The van der Waals surface area contributed by atoms with Crippen molar-refractivity contribution >= 4 is 11.8 Å². The number of likely N-dealkylation sites (tertiary alicyclic amines) is 1. The molecule has 2 N–H and O–H groups in total. The third-order valence-corrected chi connectivity index (χ3v) is 3.81. The van der Waals surface area contributed by atoms with E-state index in [4.69, 9.17) is 5.73 Å². The Morgan fingerprint density at radius 2 is 1.95 bits per heavy atom. The fraction of sp³-hybridized carbons (Fsp3) is 0.615. The molecule has 0 radical (unpaired) electrons. The predicted molar refractivity (Wildman–Crippen MR) is 70.5 cm³/mol. The van der Waals surface area contributed by atoms with Crippen LogP contribution < -0.4 is 5.73 Å². The summed E-state index contributed by atoms with van der Waals surface area (Å²) in [4.78, 5) is 24.7. The summed E-state index contributed by atoms with van der Waals surface area (Å²) in [5.41, 5.74) is 4.47. The van der Waals surface area contributed by atoms with Gasteiger partial charge in [0.25, 0.3) is 0 Å². The zero-order valence-electron chi connectivity index (χ0n) is 12.1. The Kier molecular flexibility index (Phi) is 4.43. The van der Waals surface area contributed by atoms with Crippen molar-refractivity contribution in [2.75, 3.05) is 13.1 Å². The fourth-order valence-corrected chi connectivity index (χ4v) is 2.45. The molecule has 9 heteroatoms. The SMILES string of the molecule is Cc1cc(C(F)(F)F)nn1CC(=O)N1CCC(C(N)=O)CC1. The quantitative estimate of drug-likeness (QED) is 0.900. The zero-order chi connectivity index (χ0) is 16.5. The summed E-state index contributed by atoms with van der Waals surface area (Å²) in [6.07, 6.45) is -3.57. The van der Waals surface area contributed by atoms with Crippen LogP contribution in [0.1, 0.15) is 24.2 Å². The number of halogens is 3. The summed E-state index contributed by atoms with van der Waals surface area (Å²) < 4.78 is 38.8. The highest BCUT2D eigenvalue weighted by Gasteiger charge is 2.35. The van der Waals surface area contributed by atoms with Crippen molar-refractivity contribution in [2.24, 2.45) is 11.7 Å². The summed E-state index contributed by atoms with van der Waals surface area (Å²) in [5, 5.41) is 3.43. The minimum atomic E-state index is -4.53. The largest absolute Gasteiger partial charge is 0.435 e. The maximum absolute atomic E-state index is 12.6. The normalized spacial score (nSPS) is 16.8. The Hall–Kier alpha value is -2.06. The van der Waals surface area contributed by atoms with Crippen molar-refractivity contribution in [3.63, 3.8) is 0 Å². The summed E-state index contributed by atoms with van der Waals surface area (Å²) in [7, 11) is 0. The molecule has 0 aliphatic carbocycles. The Morgan fingerprint density at radius 3 is 2.41 bits per heavy atom. The van der Waals surface area contributed by atoms with Gasteiger partial charge in [-0.1, -0.05) is 0 Å². The molecule has 2 amide bonds. The minimum Gasteiger partial charge on any atom is -0.369 e. The van der Waals surface area contributed by atoms with E-state index in [0.29, 0.717) is 25.9 Å². The molecule has 0 unspecified atom stereocenters. The first-order valence-electron chi connectivity index (χ1n) is 6.87. The van der Waals surface area contributed by atoms with Gasteiger partial charge in [0, 0.05) is 24.7 Å². The molecule has 0 saturated carbocycles. The Labute approximate surface area is 125 Å². The second-order valence-corrected chi connectivity index (χ2v) is 5.38. The summed E-state index contributed by atoms with van der Waals surface area (Å²) in [5.74, 6) is -0.944. The number of amides is 2. The first kappa shape index (κ1) is 16.3. The molecular weight excluding hydrogens is 301 g/mol. The molecule has 1 saturated heterocycles. The number of carbonyl (C=O) groups is 2. The first-order valence-corrected chi connectivity index (χ1v) is 6.87. The topological polar surface area (TPSA) is 81.2 Å². The maximum atomic E-state index is 12.6. The third kappa shape index (κ3) is 3.58. The molecule has 0 atom stereocenters. The van der Waals surface area contributed by atoms with Gasteiger partial charge in [0.2, 0.25) is 11.8 Å². The van der Waals surface area contributed by atoms with Gasteiger partial charge >= 0.3 is 6.18 Å². The molecule has 6 nitrogen and oxygen atoms in total. The number of alkyl halides is 3. The van der Waals surface area contributed by atoms with Crippen LogP contribution in [0.15, 0.2) is 6.07 Å². The lowest BCUT2D eigenvalue weighted by atomic mass is 9.96. The number of hydrogen-bond donors (Lipinski definition) is 1. The van der Waals surface area contributed by atoms with Gasteiger partial charge in [0.05, 0.1) is 0 Å². The first-order chi connectivity index (χ1) is 10.2. The van der Waals surface area contributed by atoms with Crippen molar-refractivity contribution in [2.45, 2.75) is 32.5 Å². The fourth-order valence-electron chi connectivity index (χ4n) is 2.45. The van der Waals surface area contributed by atoms with Gasteiger partial charge in [-0.2, -0.15) is 18.3 Å². The summed E-state index contributed by atoms with van der Waals surface area (Å²) in [6, 6.07) is 0.909. The van der Waals surface area contributed by atoms with Crippen LogP contribution in [-0.4, -0.2) is 39.6 Å². The molecule has 1 aromatic heterocycles. The number of nitrogens with zero attached hydrogens (tertiary/aromatic N) is 3. The smallest absolute Gasteiger partial charge is 0.369 e. The summed E-state index contributed by atoms with van der Waals surface area (Å²) >= 11 is 0. The predicted octanol–water partition coefficient (Wildman–Crippen LogP) is 0.934. The average molecular weight is 318 g/mol.